The minimum atomic E-state index is 0.276. The van der Waals surface area contributed by atoms with Gasteiger partial charge in [-0.2, -0.15) is 0 Å². The molecule has 0 unspecified atom stereocenters. The molecule has 0 bridgehead atoms. The fourth-order valence-electron chi connectivity index (χ4n) is 3.44. The Kier molecular flexibility index (Phi) is 5.77. The van der Waals surface area contributed by atoms with Crippen molar-refractivity contribution < 1.29 is 0 Å². The van der Waals surface area contributed by atoms with Crippen LogP contribution in [-0.4, -0.2) is 30.1 Å². The molecule has 1 rings (SSSR count). The van der Waals surface area contributed by atoms with E-state index in [4.69, 9.17) is 5.73 Å². The zero-order valence-electron chi connectivity index (χ0n) is 11.5. The zero-order chi connectivity index (χ0) is 12.0. The van der Waals surface area contributed by atoms with Crippen LogP contribution in [0.15, 0.2) is 0 Å². The number of likely N-dealkylation sites (N-methyl/N-ethyl adjacent to an activating group) is 1. The fraction of sp³-hybridized carbons (Fsp3) is 1.00. The highest BCUT2D eigenvalue weighted by Gasteiger charge is 2.36. The molecule has 0 radical (unpaired) electrons. The summed E-state index contributed by atoms with van der Waals surface area (Å²) in [5.74, 6) is 0. The maximum absolute atomic E-state index is 6.11. The summed E-state index contributed by atoms with van der Waals surface area (Å²) >= 11 is 0. The van der Waals surface area contributed by atoms with E-state index in [1.54, 1.807) is 0 Å². The SMILES string of the molecule is CCCC(CN)(CCC)N(C)C1CCCC1. The first-order valence-corrected chi connectivity index (χ1v) is 7.13. The van der Waals surface area contributed by atoms with E-state index < -0.39 is 0 Å². The first-order valence-electron chi connectivity index (χ1n) is 7.13. The van der Waals surface area contributed by atoms with Gasteiger partial charge in [0.1, 0.15) is 0 Å². The van der Waals surface area contributed by atoms with Gasteiger partial charge in [0.05, 0.1) is 0 Å². The normalized spacial score (nSPS) is 18.6. The maximum Gasteiger partial charge on any atom is 0.0331 e. The first kappa shape index (κ1) is 14.0. The van der Waals surface area contributed by atoms with Gasteiger partial charge in [-0.1, -0.05) is 39.5 Å². The molecule has 0 amide bonds. The third-order valence-corrected chi connectivity index (χ3v) is 4.43. The molecule has 2 heteroatoms. The lowest BCUT2D eigenvalue weighted by atomic mass is 9.85. The lowest BCUT2D eigenvalue weighted by molar-refractivity contribution is 0.0613. The average Bonchev–Trinajstić information content (AvgIpc) is 2.81. The molecule has 0 atom stereocenters. The summed E-state index contributed by atoms with van der Waals surface area (Å²) in [6, 6.07) is 0.793. The van der Waals surface area contributed by atoms with Gasteiger partial charge in [-0.25, -0.2) is 0 Å². The van der Waals surface area contributed by atoms with Crippen molar-refractivity contribution in [2.24, 2.45) is 5.73 Å². The van der Waals surface area contributed by atoms with Crippen molar-refractivity contribution in [3.8, 4) is 0 Å². The molecule has 0 aliphatic heterocycles. The first-order chi connectivity index (χ1) is 7.70. The Balaban J connectivity index is 2.71. The molecule has 1 fully saturated rings. The van der Waals surface area contributed by atoms with Gasteiger partial charge in [-0.15, -0.1) is 0 Å². The third kappa shape index (κ3) is 2.98. The molecule has 1 saturated carbocycles. The van der Waals surface area contributed by atoms with Gasteiger partial charge in [0, 0.05) is 18.1 Å². The Morgan fingerprint density at radius 2 is 1.62 bits per heavy atom. The van der Waals surface area contributed by atoms with E-state index in [1.165, 1.54) is 51.4 Å². The summed E-state index contributed by atoms with van der Waals surface area (Å²) in [5.41, 5.74) is 6.38. The van der Waals surface area contributed by atoms with Crippen LogP contribution in [0.3, 0.4) is 0 Å². The fourth-order valence-corrected chi connectivity index (χ4v) is 3.44. The highest BCUT2D eigenvalue weighted by atomic mass is 15.2. The van der Waals surface area contributed by atoms with Crippen molar-refractivity contribution in [1.82, 2.24) is 4.90 Å². The minimum Gasteiger partial charge on any atom is -0.329 e. The summed E-state index contributed by atoms with van der Waals surface area (Å²) in [6.45, 7) is 5.38. The monoisotopic (exact) mass is 226 g/mol. The summed E-state index contributed by atoms with van der Waals surface area (Å²) in [5, 5.41) is 0. The molecular weight excluding hydrogens is 196 g/mol. The molecule has 0 aromatic rings. The number of nitrogens with two attached hydrogens (primary N) is 1. The highest BCUT2D eigenvalue weighted by Crippen LogP contribution is 2.32. The average molecular weight is 226 g/mol. The number of hydrogen-bond donors (Lipinski definition) is 1. The highest BCUT2D eigenvalue weighted by molar-refractivity contribution is 4.94. The molecule has 0 aromatic heterocycles. The van der Waals surface area contributed by atoms with Crippen LogP contribution < -0.4 is 5.73 Å². The topological polar surface area (TPSA) is 29.3 Å². The van der Waals surface area contributed by atoms with E-state index in [2.05, 4.69) is 25.8 Å². The second-order valence-electron chi connectivity index (χ2n) is 5.48. The molecule has 0 saturated heterocycles. The van der Waals surface area contributed by atoms with E-state index in [-0.39, 0.29) is 5.54 Å². The van der Waals surface area contributed by atoms with Crippen molar-refractivity contribution in [3.05, 3.63) is 0 Å². The Hall–Kier alpha value is -0.0800. The van der Waals surface area contributed by atoms with E-state index in [0.29, 0.717) is 0 Å². The van der Waals surface area contributed by atoms with Crippen molar-refractivity contribution in [2.45, 2.75) is 76.8 Å². The Morgan fingerprint density at radius 1 is 1.12 bits per heavy atom. The van der Waals surface area contributed by atoms with Gasteiger partial charge in [-0.05, 0) is 32.7 Å². The van der Waals surface area contributed by atoms with Gasteiger partial charge >= 0.3 is 0 Å². The predicted molar refractivity (Wildman–Crippen MR) is 71.6 cm³/mol. The third-order valence-electron chi connectivity index (χ3n) is 4.43. The minimum absolute atomic E-state index is 0.276. The second kappa shape index (κ2) is 6.61. The van der Waals surface area contributed by atoms with Crippen LogP contribution in [0, 0.1) is 0 Å². The van der Waals surface area contributed by atoms with Crippen LogP contribution in [0.25, 0.3) is 0 Å². The number of hydrogen-bond acceptors (Lipinski definition) is 2. The number of nitrogens with zero attached hydrogens (tertiary/aromatic N) is 1. The smallest absolute Gasteiger partial charge is 0.0331 e. The molecule has 1 aliphatic carbocycles. The Bertz CT molecular complexity index is 179. The van der Waals surface area contributed by atoms with Crippen molar-refractivity contribution in [2.75, 3.05) is 13.6 Å². The van der Waals surface area contributed by atoms with Crippen LogP contribution in [0.5, 0.6) is 0 Å². The zero-order valence-corrected chi connectivity index (χ0v) is 11.5. The van der Waals surface area contributed by atoms with Crippen molar-refractivity contribution in [1.29, 1.82) is 0 Å². The van der Waals surface area contributed by atoms with Gasteiger partial charge in [0.25, 0.3) is 0 Å². The van der Waals surface area contributed by atoms with E-state index in [0.717, 1.165) is 12.6 Å². The van der Waals surface area contributed by atoms with Crippen LogP contribution in [0.1, 0.15) is 65.2 Å². The molecule has 0 spiro atoms. The van der Waals surface area contributed by atoms with Crippen LogP contribution in [0.4, 0.5) is 0 Å². The van der Waals surface area contributed by atoms with Gasteiger partial charge < -0.3 is 5.73 Å². The molecule has 16 heavy (non-hydrogen) atoms. The molecule has 96 valence electrons. The Labute approximate surface area is 102 Å². The Morgan fingerprint density at radius 3 is 2.00 bits per heavy atom. The quantitative estimate of drug-likeness (QED) is 0.722. The lowest BCUT2D eigenvalue weighted by Crippen LogP contribution is -2.55. The second-order valence-corrected chi connectivity index (χ2v) is 5.48. The summed E-state index contributed by atoms with van der Waals surface area (Å²) in [6.07, 6.45) is 10.6. The van der Waals surface area contributed by atoms with E-state index in [9.17, 15) is 0 Å². The molecule has 2 nitrogen and oxygen atoms in total. The van der Waals surface area contributed by atoms with Gasteiger partial charge in [0.15, 0.2) is 0 Å². The van der Waals surface area contributed by atoms with Gasteiger partial charge in [0.2, 0.25) is 0 Å². The van der Waals surface area contributed by atoms with E-state index in [1.807, 2.05) is 0 Å². The van der Waals surface area contributed by atoms with Crippen LogP contribution >= 0.6 is 0 Å². The van der Waals surface area contributed by atoms with Gasteiger partial charge in [-0.3, -0.25) is 4.90 Å². The predicted octanol–water partition coefficient (Wildman–Crippen LogP) is 3.16. The summed E-state index contributed by atoms with van der Waals surface area (Å²) < 4.78 is 0. The molecule has 0 heterocycles. The standard InChI is InChI=1S/C14H30N2/c1-4-10-14(12-15,11-5-2)16(3)13-8-6-7-9-13/h13H,4-12,15H2,1-3H3. The molecule has 2 N–H and O–H groups in total. The lowest BCUT2D eigenvalue weighted by Gasteiger charge is -2.45. The van der Waals surface area contributed by atoms with Crippen LogP contribution in [-0.2, 0) is 0 Å². The van der Waals surface area contributed by atoms with E-state index >= 15 is 0 Å². The molecular formula is C14H30N2. The largest absolute Gasteiger partial charge is 0.329 e. The van der Waals surface area contributed by atoms with Crippen molar-refractivity contribution in [3.63, 3.8) is 0 Å². The maximum atomic E-state index is 6.11. The van der Waals surface area contributed by atoms with Crippen LogP contribution in [0.2, 0.25) is 0 Å². The molecule has 1 aliphatic rings. The summed E-state index contributed by atoms with van der Waals surface area (Å²) in [7, 11) is 2.31. The van der Waals surface area contributed by atoms with Crippen molar-refractivity contribution >= 4 is 0 Å². The number of rotatable bonds is 7. The summed E-state index contributed by atoms with van der Waals surface area (Å²) in [4.78, 5) is 2.63. The molecule has 0 aromatic carbocycles.